The van der Waals surface area contributed by atoms with Crippen LogP contribution < -0.4 is 5.56 Å². The Morgan fingerprint density at radius 2 is 2.19 bits per heavy atom. The summed E-state index contributed by atoms with van der Waals surface area (Å²) in [5, 5.41) is 11.3. The zero-order chi connectivity index (χ0) is 11.5. The van der Waals surface area contributed by atoms with Gasteiger partial charge in [-0.3, -0.25) is 9.59 Å². The van der Waals surface area contributed by atoms with Crippen molar-refractivity contribution in [3.05, 3.63) is 22.2 Å². The molecule has 0 spiro atoms. The second kappa shape index (κ2) is 4.52. The Hall–Kier alpha value is -1.56. The summed E-state index contributed by atoms with van der Waals surface area (Å²) in [6.07, 6.45) is 1.34. The van der Waals surface area contributed by atoms with E-state index in [0.717, 1.165) is 0 Å². The molecule has 1 unspecified atom stereocenters. The number of nitrogens with one attached hydrogen (secondary N) is 1. The molecule has 2 rings (SSSR count). The Morgan fingerprint density at radius 1 is 1.50 bits per heavy atom. The third-order valence-corrected chi connectivity index (χ3v) is 2.85. The minimum absolute atomic E-state index is 0.0369. The molecule has 16 heavy (non-hydrogen) atoms. The lowest BCUT2D eigenvalue weighted by atomic mass is 9.84. The minimum Gasteiger partial charge on any atom is -0.481 e. The fourth-order valence-corrected chi connectivity index (χ4v) is 2.06. The fraction of sp³-hybridized carbons (Fsp3) is 0.600. The van der Waals surface area contributed by atoms with E-state index in [-0.39, 0.29) is 11.7 Å². The molecule has 1 saturated heterocycles. The van der Waals surface area contributed by atoms with E-state index in [2.05, 4.69) is 5.16 Å². The summed E-state index contributed by atoms with van der Waals surface area (Å²) in [5.74, 6) is -1.56. The number of aromatic amines is 1. The van der Waals surface area contributed by atoms with Crippen LogP contribution in [0.4, 0.5) is 0 Å². The highest BCUT2D eigenvalue weighted by atomic mass is 16.5. The van der Waals surface area contributed by atoms with Crippen molar-refractivity contribution in [3.8, 4) is 0 Å². The normalized spacial score (nSPS) is 19.5. The molecule has 2 N–H and O–H groups in total. The highest BCUT2D eigenvalue weighted by Gasteiger charge is 2.34. The van der Waals surface area contributed by atoms with Gasteiger partial charge in [0.15, 0.2) is 5.76 Å². The molecule has 0 aromatic carbocycles. The van der Waals surface area contributed by atoms with E-state index in [1.807, 2.05) is 0 Å². The minimum atomic E-state index is -0.963. The average Bonchev–Trinajstić information content (AvgIpc) is 2.66. The summed E-state index contributed by atoms with van der Waals surface area (Å²) in [6, 6.07) is 1.20. The van der Waals surface area contributed by atoms with Crippen LogP contribution >= 0.6 is 0 Å². The average molecular weight is 227 g/mol. The summed E-state index contributed by atoms with van der Waals surface area (Å²) in [5.41, 5.74) is -0.409. The first kappa shape index (κ1) is 10.9. The summed E-state index contributed by atoms with van der Waals surface area (Å²) >= 11 is 0. The highest BCUT2D eigenvalue weighted by molar-refractivity contribution is 5.75. The first-order chi connectivity index (χ1) is 7.68. The molecule has 6 nitrogen and oxygen atoms in total. The van der Waals surface area contributed by atoms with E-state index in [1.165, 1.54) is 6.07 Å². The summed E-state index contributed by atoms with van der Waals surface area (Å²) in [6.45, 7) is 1.12. The zero-order valence-electron chi connectivity index (χ0n) is 8.64. The van der Waals surface area contributed by atoms with E-state index in [9.17, 15) is 14.7 Å². The molecule has 1 aromatic heterocycles. The van der Waals surface area contributed by atoms with Crippen molar-refractivity contribution in [2.45, 2.75) is 18.8 Å². The second-order valence-corrected chi connectivity index (χ2v) is 3.88. The quantitative estimate of drug-likeness (QED) is 0.787. The van der Waals surface area contributed by atoms with Gasteiger partial charge in [-0.2, -0.15) is 5.16 Å². The Balaban J connectivity index is 2.22. The van der Waals surface area contributed by atoms with Crippen LogP contribution in [-0.2, 0) is 9.53 Å². The van der Waals surface area contributed by atoms with Crippen LogP contribution in [0.2, 0.25) is 0 Å². The van der Waals surface area contributed by atoms with E-state index in [0.29, 0.717) is 26.1 Å². The van der Waals surface area contributed by atoms with Crippen molar-refractivity contribution in [1.82, 2.24) is 5.16 Å². The number of rotatable bonds is 3. The predicted molar refractivity (Wildman–Crippen MR) is 53.2 cm³/mol. The highest BCUT2D eigenvalue weighted by Crippen LogP contribution is 2.31. The molecule has 1 atom stereocenters. The zero-order valence-corrected chi connectivity index (χ0v) is 8.64. The van der Waals surface area contributed by atoms with Gasteiger partial charge in [-0.15, -0.1) is 0 Å². The van der Waals surface area contributed by atoms with Gasteiger partial charge in [0.1, 0.15) is 5.92 Å². The first-order valence-electron chi connectivity index (χ1n) is 5.17. The van der Waals surface area contributed by atoms with Crippen molar-refractivity contribution < 1.29 is 19.2 Å². The number of carboxylic acids is 1. The maximum absolute atomic E-state index is 11.2. The lowest BCUT2D eigenvalue weighted by molar-refractivity contribution is -0.141. The molecule has 1 fully saturated rings. The molecular formula is C10H13NO5. The van der Waals surface area contributed by atoms with Crippen molar-refractivity contribution in [3.63, 3.8) is 0 Å². The van der Waals surface area contributed by atoms with Crippen LogP contribution in [0.1, 0.15) is 24.5 Å². The number of H-pyrrole nitrogens is 1. The third-order valence-electron chi connectivity index (χ3n) is 2.85. The van der Waals surface area contributed by atoms with E-state index >= 15 is 0 Å². The van der Waals surface area contributed by atoms with Gasteiger partial charge in [-0.05, 0) is 18.8 Å². The molecule has 0 amide bonds. The number of ether oxygens (including phenoxy) is 1. The van der Waals surface area contributed by atoms with Gasteiger partial charge in [0, 0.05) is 19.3 Å². The number of aromatic nitrogens is 1. The Morgan fingerprint density at radius 3 is 2.69 bits per heavy atom. The van der Waals surface area contributed by atoms with Gasteiger partial charge >= 0.3 is 5.97 Å². The second-order valence-electron chi connectivity index (χ2n) is 3.88. The number of carboxylic acid groups (broad SMARTS) is 1. The van der Waals surface area contributed by atoms with Crippen molar-refractivity contribution in [2.24, 2.45) is 5.92 Å². The first-order valence-corrected chi connectivity index (χ1v) is 5.17. The molecule has 2 heterocycles. The Kier molecular flexibility index (Phi) is 3.09. The van der Waals surface area contributed by atoms with Crippen molar-refractivity contribution in [2.75, 3.05) is 13.2 Å². The number of carbonyl (C=O) groups is 1. The Labute approximate surface area is 91.2 Å². The van der Waals surface area contributed by atoms with E-state index in [1.54, 1.807) is 0 Å². The van der Waals surface area contributed by atoms with Gasteiger partial charge < -0.3 is 14.4 Å². The van der Waals surface area contributed by atoms with Crippen LogP contribution in [0.5, 0.6) is 0 Å². The molecule has 1 aliphatic heterocycles. The van der Waals surface area contributed by atoms with Crippen molar-refractivity contribution >= 4 is 5.97 Å². The summed E-state index contributed by atoms with van der Waals surface area (Å²) < 4.78 is 10.1. The predicted octanol–water partition coefficient (Wildman–Crippen LogP) is 0.563. The van der Waals surface area contributed by atoms with Gasteiger partial charge in [0.25, 0.3) is 5.56 Å². The largest absolute Gasteiger partial charge is 0.481 e. The standard InChI is InChI=1S/C10H13NO5/c12-8-5-7(16-11-8)9(10(13)14)6-1-3-15-4-2-6/h5-6,9H,1-4H2,(H,11,12)(H,13,14). The summed E-state index contributed by atoms with van der Waals surface area (Å²) in [7, 11) is 0. The van der Waals surface area contributed by atoms with Gasteiger partial charge in [0.2, 0.25) is 0 Å². The lowest BCUT2D eigenvalue weighted by Crippen LogP contribution is -2.27. The van der Waals surface area contributed by atoms with Crippen LogP contribution in [0.3, 0.4) is 0 Å². The monoisotopic (exact) mass is 227 g/mol. The number of aliphatic carboxylic acids is 1. The molecule has 0 bridgehead atoms. The SMILES string of the molecule is O=C(O)C(c1cc(=O)[nH]o1)C1CCOCC1. The number of hydrogen-bond donors (Lipinski definition) is 2. The molecule has 0 aliphatic carbocycles. The van der Waals surface area contributed by atoms with Crippen LogP contribution in [-0.4, -0.2) is 29.4 Å². The lowest BCUT2D eigenvalue weighted by Gasteiger charge is -2.25. The van der Waals surface area contributed by atoms with Crippen LogP contribution in [0, 0.1) is 5.92 Å². The van der Waals surface area contributed by atoms with Gasteiger partial charge in [0.05, 0.1) is 0 Å². The molecule has 6 heteroatoms. The van der Waals surface area contributed by atoms with Gasteiger partial charge in [-0.25, -0.2) is 0 Å². The van der Waals surface area contributed by atoms with Crippen LogP contribution in [0.15, 0.2) is 15.4 Å². The van der Waals surface area contributed by atoms with E-state index in [4.69, 9.17) is 9.26 Å². The van der Waals surface area contributed by atoms with Gasteiger partial charge in [-0.1, -0.05) is 0 Å². The molecular weight excluding hydrogens is 214 g/mol. The molecule has 0 saturated carbocycles. The number of hydrogen-bond acceptors (Lipinski definition) is 4. The summed E-state index contributed by atoms with van der Waals surface area (Å²) in [4.78, 5) is 22.1. The topological polar surface area (TPSA) is 92.5 Å². The molecule has 0 radical (unpaired) electrons. The molecule has 1 aliphatic rings. The fourth-order valence-electron chi connectivity index (χ4n) is 2.06. The third kappa shape index (κ3) is 2.16. The van der Waals surface area contributed by atoms with Crippen molar-refractivity contribution in [1.29, 1.82) is 0 Å². The Bertz CT molecular complexity index is 415. The maximum Gasteiger partial charge on any atom is 0.314 e. The van der Waals surface area contributed by atoms with Crippen LogP contribution in [0.25, 0.3) is 0 Å². The maximum atomic E-state index is 11.2. The van der Waals surface area contributed by atoms with E-state index < -0.39 is 17.4 Å². The smallest absolute Gasteiger partial charge is 0.314 e. The molecule has 1 aromatic rings. The molecule has 88 valence electrons.